The average Bonchev–Trinajstić information content (AvgIpc) is 3.14. The van der Waals surface area contributed by atoms with Crippen molar-refractivity contribution >= 4 is 29.1 Å². The molecule has 0 fully saturated rings. The van der Waals surface area contributed by atoms with Crippen LogP contribution in [0.4, 0.5) is 0 Å². The third kappa shape index (κ3) is 5.25. The van der Waals surface area contributed by atoms with Crippen LogP contribution in [0, 0.1) is 0 Å². The molecule has 0 aliphatic rings. The van der Waals surface area contributed by atoms with Gasteiger partial charge in [0.2, 0.25) is 0 Å². The van der Waals surface area contributed by atoms with Gasteiger partial charge in [-0.1, -0.05) is 41.4 Å². The van der Waals surface area contributed by atoms with Crippen molar-refractivity contribution in [3.05, 3.63) is 76.5 Å². The molecule has 1 amide bonds. The van der Waals surface area contributed by atoms with E-state index in [4.69, 9.17) is 27.9 Å². The zero-order valence-corrected chi connectivity index (χ0v) is 16.2. The molecule has 0 aliphatic heterocycles. The van der Waals surface area contributed by atoms with Gasteiger partial charge in [0.05, 0.1) is 21.9 Å². The van der Waals surface area contributed by atoms with Gasteiger partial charge in [0.15, 0.2) is 6.10 Å². The molecule has 0 saturated heterocycles. The maximum atomic E-state index is 12.2. The smallest absolute Gasteiger partial charge is 0.260 e. The summed E-state index contributed by atoms with van der Waals surface area (Å²) < 4.78 is 7.42. The molecular formula is C20H19Cl2N3O2. The second kappa shape index (κ2) is 8.93. The van der Waals surface area contributed by atoms with Gasteiger partial charge in [-0.05, 0) is 43.2 Å². The van der Waals surface area contributed by atoms with E-state index < -0.39 is 6.10 Å². The van der Waals surface area contributed by atoms with E-state index in [2.05, 4.69) is 10.4 Å². The topological polar surface area (TPSA) is 56.1 Å². The first-order chi connectivity index (χ1) is 13.0. The lowest BCUT2D eigenvalue weighted by atomic mass is 10.2. The summed E-state index contributed by atoms with van der Waals surface area (Å²) in [5, 5.41) is 8.04. The van der Waals surface area contributed by atoms with Gasteiger partial charge in [-0.2, -0.15) is 5.10 Å². The molecule has 0 saturated carbocycles. The van der Waals surface area contributed by atoms with E-state index in [0.717, 1.165) is 11.3 Å². The van der Waals surface area contributed by atoms with Gasteiger partial charge in [-0.25, -0.2) is 4.68 Å². The number of hydrogen-bond donors (Lipinski definition) is 1. The Morgan fingerprint density at radius 2 is 1.96 bits per heavy atom. The number of carbonyl (C=O) groups excluding carboxylic acids is 1. The number of halogens is 2. The number of para-hydroxylation sites is 1. The lowest BCUT2D eigenvalue weighted by molar-refractivity contribution is -0.127. The van der Waals surface area contributed by atoms with Crippen LogP contribution < -0.4 is 10.1 Å². The zero-order valence-electron chi connectivity index (χ0n) is 14.7. The van der Waals surface area contributed by atoms with Crippen LogP contribution in [0.3, 0.4) is 0 Å². The van der Waals surface area contributed by atoms with Crippen molar-refractivity contribution in [2.75, 3.05) is 6.54 Å². The minimum atomic E-state index is -0.644. The van der Waals surface area contributed by atoms with Crippen LogP contribution >= 0.6 is 23.2 Å². The number of ether oxygens (including phenoxy) is 1. The molecule has 3 aromatic rings. The number of nitrogens with one attached hydrogen (secondary N) is 1. The molecule has 1 aromatic heterocycles. The van der Waals surface area contributed by atoms with Gasteiger partial charge >= 0.3 is 0 Å². The molecule has 0 bridgehead atoms. The fraction of sp³-hybridized carbons (Fsp3) is 0.200. The Kier molecular flexibility index (Phi) is 6.37. The largest absolute Gasteiger partial charge is 0.481 e. The average molecular weight is 404 g/mol. The molecule has 5 nitrogen and oxygen atoms in total. The van der Waals surface area contributed by atoms with E-state index in [0.29, 0.717) is 28.8 Å². The van der Waals surface area contributed by atoms with Crippen LogP contribution in [0.25, 0.3) is 5.69 Å². The highest BCUT2D eigenvalue weighted by atomic mass is 35.5. The summed E-state index contributed by atoms with van der Waals surface area (Å²) in [5.74, 6) is 0.299. The predicted molar refractivity (Wildman–Crippen MR) is 107 cm³/mol. The lowest BCUT2D eigenvalue weighted by Gasteiger charge is -2.15. The highest BCUT2D eigenvalue weighted by Gasteiger charge is 2.15. The number of aromatic nitrogens is 2. The predicted octanol–water partition coefficient (Wildman–Crippen LogP) is 4.31. The van der Waals surface area contributed by atoms with Crippen molar-refractivity contribution in [3.63, 3.8) is 0 Å². The number of benzene rings is 2. The van der Waals surface area contributed by atoms with E-state index in [-0.39, 0.29) is 5.91 Å². The molecule has 0 radical (unpaired) electrons. The Morgan fingerprint density at radius 3 is 2.70 bits per heavy atom. The van der Waals surface area contributed by atoms with Crippen LogP contribution in [0.15, 0.2) is 60.9 Å². The molecule has 3 rings (SSSR count). The number of carbonyl (C=O) groups is 1. The molecule has 0 spiro atoms. The molecule has 140 valence electrons. The van der Waals surface area contributed by atoms with E-state index in [1.54, 1.807) is 31.3 Å². The van der Waals surface area contributed by atoms with E-state index in [1.807, 2.05) is 41.2 Å². The fourth-order valence-electron chi connectivity index (χ4n) is 2.49. The molecule has 0 aliphatic carbocycles. The summed E-state index contributed by atoms with van der Waals surface area (Å²) in [6, 6.07) is 14.8. The van der Waals surface area contributed by atoms with Gasteiger partial charge < -0.3 is 10.1 Å². The highest BCUT2D eigenvalue weighted by molar-refractivity contribution is 6.42. The van der Waals surface area contributed by atoms with Crippen LogP contribution in [-0.4, -0.2) is 28.3 Å². The highest BCUT2D eigenvalue weighted by Crippen LogP contribution is 2.26. The summed E-state index contributed by atoms with van der Waals surface area (Å²) in [6.07, 6.45) is 3.79. The molecule has 1 atom stereocenters. The standard InChI is InChI=1S/C20H19Cl2N3O2/c1-14(27-17-7-8-18(21)19(22)11-17)20(26)23-10-9-15-12-24-25(13-15)16-5-3-2-4-6-16/h2-8,11-14H,9-10H2,1H3,(H,23,26). The number of amides is 1. The first kappa shape index (κ1) is 19.3. The summed E-state index contributed by atoms with van der Waals surface area (Å²) in [5.41, 5.74) is 2.04. The summed E-state index contributed by atoms with van der Waals surface area (Å²) in [6.45, 7) is 2.18. The van der Waals surface area contributed by atoms with Crippen molar-refractivity contribution in [1.29, 1.82) is 0 Å². The minimum Gasteiger partial charge on any atom is -0.481 e. The monoisotopic (exact) mass is 403 g/mol. The van der Waals surface area contributed by atoms with Gasteiger partial charge in [0.1, 0.15) is 5.75 Å². The van der Waals surface area contributed by atoms with Gasteiger partial charge in [-0.3, -0.25) is 4.79 Å². The molecular weight excluding hydrogens is 385 g/mol. The zero-order chi connectivity index (χ0) is 19.2. The van der Waals surface area contributed by atoms with Gasteiger partial charge in [0, 0.05) is 18.8 Å². The van der Waals surface area contributed by atoms with Crippen molar-refractivity contribution in [2.24, 2.45) is 0 Å². The Labute approximate surface area is 167 Å². The quantitative estimate of drug-likeness (QED) is 0.639. The maximum Gasteiger partial charge on any atom is 0.260 e. The van der Waals surface area contributed by atoms with Crippen molar-refractivity contribution in [1.82, 2.24) is 15.1 Å². The Balaban J connectivity index is 1.47. The molecule has 27 heavy (non-hydrogen) atoms. The number of nitrogens with zero attached hydrogens (tertiary/aromatic N) is 2. The third-order valence-corrected chi connectivity index (χ3v) is 4.68. The number of hydrogen-bond acceptors (Lipinski definition) is 3. The lowest BCUT2D eigenvalue weighted by Crippen LogP contribution is -2.37. The summed E-state index contributed by atoms with van der Waals surface area (Å²) in [4.78, 5) is 12.2. The van der Waals surface area contributed by atoms with E-state index in [1.165, 1.54) is 0 Å². The molecule has 1 unspecified atom stereocenters. The summed E-state index contributed by atoms with van der Waals surface area (Å²) >= 11 is 11.8. The van der Waals surface area contributed by atoms with Crippen LogP contribution in [0.1, 0.15) is 12.5 Å². The van der Waals surface area contributed by atoms with Crippen LogP contribution in [0.5, 0.6) is 5.75 Å². The third-order valence-electron chi connectivity index (χ3n) is 3.94. The van der Waals surface area contributed by atoms with E-state index in [9.17, 15) is 4.79 Å². The first-order valence-corrected chi connectivity index (χ1v) is 9.27. The first-order valence-electron chi connectivity index (χ1n) is 8.51. The Bertz CT molecular complexity index is 913. The van der Waals surface area contributed by atoms with Crippen molar-refractivity contribution in [3.8, 4) is 11.4 Å². The van der Waals surface area contributed by atoms with Gasteiger partial charge in [-0.15, -0.1) is 0 Å². The Morgan fingerprint density at radius 1 is 1.19 bits per heavy atom. The SMILES string of the molecule is CC(Oc1ccc(Cl)c(Cl)c1)C(=O)NCCc1cnn(-c2ccccc2)c1. The second-order valence-corrected chi connectivity index (χ2v) is 6.82. The van der Waals surface area contributed by atoms with Crippen LogP contribution in [-0.2, 0) is 11.2 Å². The van der Waals surface area contributed by atoms with Crippen LogP contribution in [0.2, 0.25) is 10.0 Å². The number of rotatable bonds is 7. The molecule has 7 heteroatoms. The van der Waals surface area contributed by atoms with Crippen molar-refractivity contribution < 1.29 is 9.53 Å². The minimum absolute atomic E-state index is 0.198. The van der Waals surface area contributed by atoms with Gasteiger partial charge in [0.25, 0.3) is 5.91 Å². The normalized spacial score (nSPS) is 11.8. The second-order valence-electron chi connectivity index (χ2n) is 6.01. The maximum absolute atomic E-state index is 12.2. The fourth-order valence-corrected chi connectivity index (χ4v) is 2.78. The summed E-state index contributed by atoms with van der Waals surface area (Å²) in [7, 11) is 0. The molecule has 2 aromatic carbocycles. The van der Waals surface area contributed by atoms with Crippen molar-refractivity contribution in [2.45, 2.75) is 19.4 Å². The molecule has 1 N–H and O–H groups in total. The molecule has 1 heterocycles. The Hall–Kier alpha value is -2.50. The van der Waals surface area contributed by atoms with E-state index >= 15 is 0 Å².